The van der Waals surface area contributed by atoms with Crippen LogP contribution in [0.15, 0.2) is 71.8 Å². The number of H-pyrrole nitrogens is 1. The van der Waals surface area contributed by atoms with Crippen molar-refractivity contribution in [2.75, 3.05) is 7.11 Å². The summed E-state index contributed by atoms with van der Waals surface area (Å²) in [4.78, 5) is 23.1. The predicted molar refractivity (Wildman–Crippen MR) is 121 cm³/mol. The van der Waals surface area contributed by atoms with Crippen LogP contribution in [0.2, 0.25) is 0 Å². The van der Waals surface area contributed by atoms with Crippen molar-refractivity contribution in [1.82, 2.24) is 15.6 Å². The van der Waals surface area contributed by atoms with E-state index in [4.69, 9.17) is 4.74 Å². The zero-order valence-corrected chi connectivity index (χ0v) is 17.3. The number of aromatic nitrogens is 2. The molecule has 1 amide bonds. The van der Waals surface area contributed by atoms with Gasteiger partial charge in [0.05, 0.1) is 29.0 Å². The highest BCUT2D eigenvalue weighted by Crippen LogP contribution is 2.36. The van der Waals surface area contributed by atoms with Crippen molar-refractivity contribution < 1.29 is 14.5 Å². The second-order valence-corrected chi connectivity index (χ2v) is 6.98. The first kappa shape index (κ1) is 20.7. The van der Waals surface area contributed by atoms with Gasteiger partial charge in [-0.3, -0.25) is 20.0 Å². The van der Waals surface area contributed by atoms with Crippen molar-refractivity contribution in [3.8, 4) is 17.0 Å². The van der Waals surface area contributed by atoms with Crippen LogP contribution in [0.1, 0.15) is 23.0 Å². The molecule has 0 radical (unpaired) electrons. The number of aromatic amines is 1. The monoisotopic (exact) mass is 429 g/mol. The number of hydrazone groups is 1. The third kappa shape index (κ3) is 4.04. The van der Waals surface area contributed by atoms with Crippen LogP contribution >= 0.6 is 0 Å². The zero-order chi connectivity index (χ0) is 22.7. The number of carbonyl (C=O) groups excluding carboxylic acids is 1. The molecule has 9 nitrogen and oxygen atoms in total. The van der Waals surface area contributed by atoms with Gasteiger partial charge in [0.25, 0.3) is 11.6 Å². The lowest BCUT2D eigenvalue weighted by Gasteiger charge is -2.09. The predicted octanol–water partition coefficient (Wildman–Crippen LogP) is 4.30. The molecule has 0 saturated heterocycles. The third-order valence-corrected chi connectivity index (χ3v) is 4.99. The molecule has 0 fully saturated rings. The quantitative estimate of drug-likeness (QED) is 0.269. The van der Waals surface area contributed by atoms with Crippen LogP contribution in [0.5, 0.6) is 5.75 Å². The fourth-order valence-electron chi connectivity index (χ4n) is 3.36. The molecule has 0 aliphatic rings. The second-order valence-electron chi connectivity index (χ2n) is 6.98. The molecule has 0 saturated carbocycles. The van der Waals surface area contributed by atoms with Gasteiger partial charge >= 0.3 is 0 Å². The molecular formula is C23H19N5O4. The Morgan fingerprint density at radius 3 is 2.72 bits per heavy atom. The lowest BCUT2D eigenvalue weighted by atomic mass is 10.0. The van der Waals surface area contributed by atoms with Crippen molar-refractivity contribution in [2.24, 2.45) is 5.10 Å². The lowest BCUT2D eigenvalue weighted by molar-refractivity contribution is -0.384. The molecule has 32 heavy (non-hydrogen) atoms. The van der Waals surface area contributed by atoms with Crippen molar-refractivity contribution in [3.05, 3.63) is 88.1 Å². The van der Waals surface area contributed by atoms with Gasteiger partial charge < -0.3 is 4.74 Å². The summed E-state index contributed by atoms with van der Waals surface area (Å²) in [5.74, 6) is 0.148. The Morgan fingerprint density at radius 1 is 1.12 bits per heavy atom. The Hall–Kier alpha value is -4.53. The molecular weight excluding hydrogens is 410 g/mol. The van der Waals surface area contributed by atoms with Gasteiger partial charge in [0.1, 0.15) is 11.4 Å². The number of non-ortho nitro benzene ring substituents is 1. The highest BCUT2D eigenvalue weighted by atomic mass is 16.6. The molecule has 9 heteroatoms. The summed E-state index contributed by atoms with van der Waals surface area (Å²) < 4.78 is 5.51. The molecule has 0 spiro atoms. The highest BCUT2D eigenvalue weighted by Gasteiger charge is 2.17. The molecule has 1 heterocycles. The van der Waals surface area contributed by atoms with E-state index in [9.17, 15) is 14.9 Å². The summed E-state index contributed by atoms with van der Waals surface area (Å²) in [5, 5.41) is 24.0. The molecule has 4 aromatic rings. The van der Waals surface area contributed by atoms with Crippen LogP contribution in [0.3, 0.4) is 0 Å². The molecule has 3 aromatic carbocycles. The summed E-state index contributed by atoms with van der Waals surface area (Å²) in [6.45, 7) is 1.65. The summed E-state index contributed by atoms with van der Waals surface area (Å²) >= 11 is 0. The number of nitrogens with one attached hydrogen (secondary N) is 2. The van der Waals surface area contributed by atoms with Gasteiger partial charge in [0.15, 0.2) is 0 Å². The minimum Gasteiger partial charge on any atom is -0.496 e. The van der Waals surface area contributed by atoms with Crippen LogP contribution in [0.4, 0.5) is 5.69 Å². The standard InChI is InChI=1S/C23H19N5O4/c1-14(16-7-5-8-17(12-16)28(30)31)24-27-23(29)20-13-19(25-26-20)22-18-9-4-3-6-15(18)10-11-21(22)32-2/h3-13H,1-2H3,(H,25,26)(H,27,29). The summed E-state index contributed by atoms with van der Waals surface area (Å²) in [5.41, 5.74) is 4.91. The minimum absolute atomic E-state index is 0.0504. The summed E-state index contributed by atoms with van der Waals surface area (Å²) in [7, 11) is 1.58. The topological polar surface area (TPSA) is 123 Å². The van der Waals surface area contributed by atoms with Gasteiger partial charge in [0.2, 0.25) is 0 Å². The maximum absolute atomic E-state index is 12.6. The van der Waals surface area contributed by atoms with Crippen LogP contribution in [-0.2, 0) is 0 Å². The van der Waals surface area contributed by atoms with Crippen molar-refractivity contribution >= 4 is 28.1 Å². The number of nitrogens with zero attached hydrogens (tertiary/aromatic N) is 3. The Labute approximate surface area is 182 Å². The van der Waals surface area contributed by atoms with E-state index < -0.39 is 10.8 Å². The number of fused-ring (bicyclic) bond motifs is 1. The largest absolute Gasteiger partial charge is 0.496 e. The second kappa shape index (κ2) is 8.68. The van der Waals surface area contributed by atoms with E-state index >= 15 is 0 Å². The van der Waals surface area contributed by atoms with Crippen LogP contribution in [-0.4, -0.2) is 33.8 Å². The van der Waals surface area contributed by atoms with E-state index in [2.05, 4.69) is 20.7 Å². The first-order valence-corrected chi connectivity index (χ1v) is 9.69. The number of nitro benzene ring substituents is 1. The lowest BCUT2D eigenvalue weighted by Crippen LogP contribution is -2.19. The normalized spacial score (nSPS) is 11.4. The molecule has 2 N–H and O–H groups in total. The number of methoxy groups -OCH3 is 1. The average Bonchev–Trinajstić information content (AvgIpc) is 3.31. The maximum Gasteiger partial charge on any atom is 0.289 e. The van der Waals surface area contributed by atoms with E-state index in [0.717, 1.165) is 16.3 Å². The highest BCUT2D eigenvalue weighted by molar-refractivity contribution is 6.02. The summed E-state index contributed by atoms with van der Waals surface area (Å²) in [6.07, 6.45) is 0. The minimum atomic E-state index is -0.493. The fourth-order valence-corrected chi connectivity index (χ4v) is 3.36. The average molecular weight is 429 g/mol. The molecule has 0 unspecified atom stereocenters. The number of hydrogen-bond donors (Lipinski definition) is 2. The number of carbonyl (C=O) groups is 1. The van der Waals surface area contributed by atoms with Crippen LogP contribution in [0, 0.1) is 10.1 Å². The van der Waals surface area contributed by atoms with Crippen molar-refractivity contribution in [1.29, 1.82) is 0 Å². The molecule has 0 aliphatic carbocycles. The van der Waals surface area contributed by atoms with Gasteiger partial charge in [-0.15, -0.1) is 0 Å². The number of ether oxygens (including phenoxy) is 1. The van der Waals surface area contributed by atoms with Gasteiger partial charge in [-0.05, 0) is 29.8 Å². The van der Waals surface area contributed by atoms with Crippen LogP contribution < -0.4 is 10.2 Å². The molecule has 160 valence electrons. The number of amides is 1. The van der Waals surface area contributed by atoms with Gasteiger partial charge in [-0.2, -0.15) is 10.2 Å². The van der Waals surface area contributed by atoms with Crippen LogP contribution in [0.25, 0.3) is 22.0 Å². The van der Waals surface area contributed by atoms with E-state index in [-0.39, 0.29) is 11.4 Å². The smallest absolute Gasteiger partial charge is 0.289 e. The number of benzene rings is 3. The Morgan fingerprint density at radius 2 is 1.94 bits per heavy atom. The first-order valence-electron chi connectivity index (χ1n) is 9.69. The molecule has 1 aromatic heterocycles. The molecule has 4 rings (SSSR count). The van der Waals surface area contributed by atoms with E-state index in [1.807, 2.05) is 36.4 Å². The molecule has 0 atom stereocenters. The third-order valence-electron chi connectivity index (χ3n) is 4.99. The molecule has 0 aliphatic heterocycles. The Balaban J connectivity index is 1.59. The SMILES string of the molecule is COc1ccc2ccccc2c1-c1cc(C(=O)NN=C(C)c2cccc([N+](=O)[O-])c2)[nH]n1. The molecule has 0 bridgehead atoms. The van der Waals surface area contributed by atoms with Gasteiger partial charge in [-0.25, -0.2) is 5.43 Å². The van der Waals surface area contributed by atoms with E-state index in [1.165, 1.54) is 12.1 Å². The number of hydrogen-bond acceptors (Lipinski definition) is 6. The zero-order valence-electron chi connectivity index (χ0n) is 17.3. The Bertz CT molecular complexity index is 1360. The number of rotatable bonds is 6. The Kier molecular flexibility index (Phi) is 5.63. The van der Waals surface area contributed by atoms with E-state index in [0.29, 0.717) is 22.7 Å². The first-order chi connectivity index (χ1) is 15.5. The van der Waals surface area contributed by atoms with Gasteiger partial charge in [-0.1, -0.05) is 42.5 Å². The van der Waals surface area contributed by atoms with Gasteiger partial charge in [0, 0.05) is 17.7 Å². The summed E-state index contributed by atoms with van der Waals surface area (Å²) in [6, 6.07) is 19.3. The van der Waals surface area contributed by atoms with Crippen molar-refractivity contribution in [3.63, 3.8) is 0 Å². The van der Waals surface area contributed by atoms with Crippen molar-refractivity contribution in [2.45, 2.75) is 6.92 Å². The fraction of sp³-hybridized carbons (Fsp3) is 0.0870. The maximum atomic E-state index is 12.6. The number of nitro groups is 1. The van der Waals surface area contributed by atoms with E-state index in [1.54, 1.807) is 32.2 Å².